The fourth-order valence-corrected chi connectivity index (χ4v) is 2.47. The molecule has 1 aromatic rings. The Balaban J connectivity index is 2.77. The number of rotatable bonds is 6. The lowest BCUT2D eigenvalue weighted by Crippen LogP contribution is -2.40. The van der Waals surface area contributed by atoms with Crippen molar-refractivity contribution in [1.82, 2.24) is 5.32 Å². The maximum atomic E-state index is 10.5. The minimum Gasteiger partial charge on any atom is -0.389 e. The fraction of sp³-hybridized carbons (Fsp3) is 0.625. The number of hydrogen-bond donors (Lipinski definition) is 2. The average molecular weight is 249 g/mol. The molecule has 18 heavy (non-hydrogen) atoms. The first-order valence-corrected chi connectivity index (χ1v) is 6.85. The van der Waals surface area contributed by atoms with Crippen LogP contribution in [-0.2, 0) is 6.42 Å². The van der Waals surface area contributed by atoms with Gasteiger partial charge in [0.15, 0.2) is 0 Å². The largest absolute Gasteiger partial charge is 0.389 e. The van der Waals surface area contributed by atoms with Crippen LogP contribution in [-0.4, -0.2) is 23.8 Å². The first-order valence-electron chi connectivity index (χ1n) is 6.85. The molecule has 0 saturated carbocycles. The standard InChI is InChI=1S/C16H27NO/c1-6-7-17-11-16(5,18)10-15-13(3)8-12(2)9-14(15)4/h8-9,17-18H,6-7,10-11H2,1-5H3. The van der Waals surface area contributed by atoms with Gasteiger partial charge in [0.25, 0.3) is 0 Å². The molecule has 0 aliphatic heterocycles. The highest BCUT2D eigenvalue weighted by molar-refractivity contribution is 5.38. The van der Waals surface area contributed by atoms with Crippen molar-refractivity contribution >= 4 is 0 Å². The molecule has 1 aromatic carbocycles. The van der Waals surface area contributed by atoms with E-state index in [9.17, 15) is 5.11 Å². The van der Waals surface area contributed by atoms with Gasteiger partial charge in [-0.3, -0.25) is 0 Å². The summed E-state index contributed by atoms with van der Waals surface area (Å²) in [5, 5.41) is 13.7. The van der Waals surface area contributed by atoms with Crippen molar-refractivity contribution in [2.75, 3.05) is 13.1 Å². The van der Waals surface area contributed by atoms with E-state index in [4.69, 9.17) is 0 Å². The van der Waals surface area contributed by atoms with Crippen LogP contribution < -0.4 is 5.32 Å². The number of hydrogen-bond acceptors (Lipinski definition) is 2. The summed E-state index contributed by atoms with van der Waals surface area (Å²) >= 11 is 0. The van der Waals surface area contributed by atoms with Gasteiger partial charge in [-0.15, -0.1) is 0 Å². The summed E-state index contributed by atoms with van der Waals surface area (Å²) in [4.78, 5) is 0. The van der Waals surface area contributed by atoms with Crippen molar-refractivity contribution in [3.8, 4) is 0 Å². The third kappa shape index (κ3) is 4.43. The van der Waals surface area contributed by atoms with Gasteiger partial charge in [-0.2, -0.15) is 0 Å². The van der Waals surface area contributed by atoms with Crippen LogP contribution in [0.2, 0.25) is 0 Å². The van der Waals surface area contributed by atoms with Gasteiger partial charge in [-0.25, -0.2) is 0 Å². The van der Waals surface area contributed by atoms with Crippen molar-refractivity contribution in [3.63, 3.8) is 0 Å². The minimum atomic E-state index is -0.681. The summed E-state index contributed by atoms with van der Waals surface area (Å²) in [6.45, 7) is 12.0. The molecule has 0 aromatic heterocycles. The molecule has 0 spiro atoms. The Kier molecular flexibility index (Phi) is 5.36. The third-order valence-corrected chi connectivity index (χ3v) is 3.33. The second-order valence-electron chi connectivity index (χ2n) is 5.73. The minimum absolute atomic E-state index is 0.646. The summed E-state index contributed by atoms with van der Waals surface area (Å²) in [6.07, 6.45) is 1.81. The van der Waals surface area contributed by atoms with Crippen LogP contribution in [0.3, 0.4) is 0 Å². The Morgan fingerprint density at radius 1 is 1.17 bits per heavy atom. The molecule has 1 unspecified atom stereocenters. The fourth-order valence-electron chi connectivity index (χ4n) is 2.47. The van der Waals surface area contributed by atoms with Gasteiger partial charge in [-0.1, -0.05) is 24.6 Å². The molecule has 0 bridgehead atoms. The molecule has 0 saturated heterocycles. The van der Waals surface area contributed by atoms with Crippen molar-refractivity contribution in [2.45, 2.75) is 53.1 Å². The maximum Gasteiger partial charge on any atom is 0.0783 e. The van der Waals surface area contributed by atoms with E-state index in [-0.39, 0.29) is 0 Å². The Bertz CT molecular complexity index is 373. The molecular formula is C16H27NO. The van der Waals surface area contributed by atoms with E-state index in [1.807, 2.05) is 6.92 Å². The van der Waals surface area contributed by atoms with E-state index in [0.717, 1.165) is 13.0 Å². The molecule has 2 nitrogen and oxygen atoms in total. The third-order valence-electron chi connectivity index (χ3n) is 3.33. The zero-order chi connectivity index (χ0) is 13.8. The number of benzene rings is 1. The van der Waals surface area contributed by atoms with Gasteiger partial charge < -0.3 is 10.4 Å². The molecular weight excluding hydrogens is 222 g/mol. The van der Waals surface area contributed by atoms with Gasteiger partial charge in [-0.05, 0) is 57.4 Å². The molecule has 1 atom stereocenters. The summed E-state index contributed by atoms with van der Waals surface area (Å²) in [5.41, 5.74) is 4.45. The Hall–Kier alpha value is -0.860. The van der Waals surface area contributed by atoms with Gasteiger partial charge in [0.2, 0.25) is 0 Å². The van der Waals surface area contributed by atoms with Crippen LogP contribution in [0, 0.1) is 20.8 Å². The summed E-state index contributed by atoms with van der Waals surface area (Å²) in [5.74, 6) is 0. The SMILES string of the molecule is CCCNCC(C)(O)Cc1c(C)cc(C)cc1C. The number of aryl methyl sites for hydroxylation is 3. The zero-order valence-corrected chi connectivity index (χ0v) is 12.4. The Labute approximate surface area is 111 Å². The maximum absolute atomic E-state index is 10.5. The van der Waals surface area contributed by atoms with E-state index in [0.29, 0.717) is 13.0 Å². The highest BCUT2D eigenvalue weighted by Crippen LogP contribution is 2.21. The normalized spacial score (nSPS) is 14.6. The summed E-state index contributed by atoms with van der Waals surface area (Å²) < 4.78 is 0. The zero-order valence-electron chi connectivity index (χ0n) is 12.4. The molecule has 0 aliphatic carbocycles. The first-order chi connectivity index (χ1) is 8.35. The van der Waals surface area contributed by atoms with Crippen LogP contribution in [0.4, 0.5) is 0 Å². The van der Waals surface area contributed by atoms with Crippen molar-refractivity contribution in [3.05, 3.63) is 34.4 Å². The van der Waals surface area contributed by atoms with Crippen molar-refractivity contribution < 1.29 is 5.11 Å². The van der Waals surface area contributed by atoms with Crippen LogP contribution >= 0.6 is 0 Å². The van der Waals surface area contributed by atoms with E-state index >= 15 is 0 Å². The Morgan fingerprint density at radius 2 is 1.72 bits per heavy atom. The Morgan fingerprint density at radius 3 is 2.22 bits per heavy atom. The van der Waals surface area contributed by atoms with Gasteiger partial charge in [0, 0.05) is 13.0 Å². The van der Waals surface area contributed by atoms with Crippen molar-refractivity contribution in [2.24, 2.45) is 0 Å². The summed E-state index contributed by atoms with van der Waals surface area (Å²) in [6, 6.07) is 4.38. The van der Waals surface area contributed by atoms with E-state index in [1.165, 1.54) is 22.3 Å². The predicted molar refractivity (Wildman–Crippen MR) is 78.1 cm³/mol. The molecule has 2 N–H and O–H groups in total. The van der Waals surface area contributed by atoms with Crippen LogP contribution in [0.5, 0.6) is 0 Å². The second-order valence-corrected chi connectivity index (χ2v) is 5.73. The highest BCUT2D eigenvalue weighted by atomic mass is 16.3. The predicted octanol–water partition coefficient (Wildman–Crippen LogP) is 2.90. The molecule has 2 heteroatoms. The topological polar surface area (TPSA) is 32.3 Å². The smallest absolute Gasteiger partial charge is 0.0783 e. The first kappa shape index (κ1) is 15.2. The van der Waals surface area contributed by atoms with Crippen molar-refractivity contribution in [1.29, 1.82) is 0 Å². The van der Waals surface area contributed by atoms with Gasteiger partial charge >= 0.3 is 0 Å². The number of nitrogens with one attached hydrogen (secondary N) is 1. The van der Waals surface area contributed by atoms with Crippen LogP contribution in [0.25, 0.3) is 0 Å². The molecule has 102 valence electrons. The van der Waals surface area contributed by atoms with E-state index < -0.39 is 5.60 Å². The second kappa shape index (κ2) is 6.35. The lowest BCUT2D eigenvalue weighted by atomic mass is 9.89. The quantitative estimate of drug-likeness (QED) is 0.760. The lowest BCUT2D eigenvalue weighted by Gasteiger charge is -2.26. The van der Waals surface area contributed by atoms with Crippen LogP contribution in [0.1, 0.15) is 42.5 Å². The highest BCUT2D eigenvalue weighted by Gasteiger charge is 2.22. The van der Waals surface area contributed by atoms with E-state index in [1.54, 1.807) is 0 Å². The summed E-state index contributed by atoms with van der Waals surface area (Å²) in [7, 11) is 0. The molecule has 0 radical (unpaired) electrons. The van der Waals surface area contributed by atoms with Gasteiger partial charge in [0.1, 0.15) is 0 Å². The monoisotopic (exact) mass is 249 g/mol. The molecule has 1 rings (SSSR count). The lowest BCUT2D eigenvalue weighted by molar-refractivity contribution is 0.0600. The molecule has 0 amide bonds. The average Bonchev–Trinajstić information content (AvgIpc) is 2.23. The van der Waals surface area contributed by atoms with E-state index in [2.05, 4.69) is 45.1 Å². The number of aliphatic hydroxyl groups is 1. The van der Waals surface area contributed by atoms with Crippen LogP contribution in [0.15, 0.2) is 12.1 Å². The van der Waals surface area contributed by atoms with Gasteiger partial charge in [0.05, 0.1) is 5.60 Å². The molecule has 0 aliphatic rings. The molecule has 0 fully saturated rings. The molecule has 0 heterocycles.